The first-order valence-electron chi connectivity index (χ1n) is 17.8. The number of anilines is 1. The van der Waals surface area contributed by atoms with E-state index in [4.69, 9.17) is 11.6 Å². The Bertz CT molecular complexity index is 1790. The molecule has 2 N–H and O–H groups in total. The van der Waals surface area contributed by atoms with Crippen LogP contribution in [0, 0.1) is 13.8 Å². The number of hydrogen-bond donors (Lipinski definition) is 2. The Kier molecular flexibility index (Phi) is 11.1. The van der Waals surface area contributed by atoms with E-state index in [9.17, 15) is 19.8 Å². The molecule has 1 aliphatic carbocycles. The summed E-state index contributed by atoms with van der Waals surface area (Å²) < 4.78 is 2.37. The highest BCUT2D eigenvalue weighted by atomic mass is 35.5. The van der Waals surface area contributed by atoms with E-state index in [0.29, 0.717) is 12.8 Å². The van der Waals surface area contributed by atoms with E-state index >= 15 is 0 Å². The van der Waals surface area contributed by atoms with Crippen molar-refractivity contribution in [1.82, 2.24) is 0 Å². The topological polar surface area (TPSA) is 80.9 Å². The Labute approximate surface area is 297 Å². The molecule has 5 rings (SSSR count). The first-order chi connectivity index (χ1) is 23.2. The summed E-state index contributed by atoms with van der Waals surface area (Å²) in [6, 6.07) is 13.3. The number of fused-ring (bicyclic) bond motifs is 2. The van der Waals surface area contributed by atoms with Crippen LogP contribution in [0.5, 0.6) is 0 Å². The molecule has 260 valence electrons. The number of halogens is 1. The zero-order chi connectivity index (χ0) is 35.5. The number of carbonyl (C=O) groups is 2. The van der Waals surface area contributed by atoms with Crippen molar-refractivity contribution >= 4 is 40.6 Å². The number of aryl methyl sites for hydroxylation is 2. The van der Waals surface area contributed by atoms with E-state index in [0.717, 1.165) is 61.4 Å². The molecule has 2 aliphatic heterocycles. The third kappa shape index (κ3) is 7.80. The maximum Gasteiger partial charge on any atom is 0.303 e. The van der Waals surface area contributed by atoms with Crippen LogP contribution in [0.3, 0.4) is 0 Å². The molecule has 0 atom stereocenters. The van der Waals surface area contributed by atoms with Gasteiger partial charge in [0.2, 0.25) is 5.69 Å². The van der Waals surface area contributed by atoms with Gasteiger partial charge in [-0.05, 0) is 101 Å². The number of carboxylic acids is 2. The lowest BCUT2D eigenvalue weighted by molar-refractivity contribution is -0.438. The normalized spacial score (nSPS) is 19.8. The van der Waals surface area contributed by atoms with E-state index in [1.54, 1.807) is 0 Å². The van der Waals surface area contributed by atoms with Gasteiger partial charge >= 0.3 is 11.9 Å². The second kappa shape index (κ2) is 14.9. The molecule has 2 heterocycles. The van der Waals surface area contributed by atoms with E-state index in [-0.39, 0.29) is 23.7 Å². The molecule has 0 radical (unpaired) electrons. The SMILES string of the molecule is Cc1ccc2c(c1)C(C)(C)C(/C=C/C1=C(Cl)C(=C/C=C3/N(CCCCC(=O)O)c4ccc(C)cc4C3(C)C)/CCC1)=[N+]2CCCCC(=O)O. The second-order valence-electron chi connectivity index (χ2n) is 15.0. The molecule has 49 heavy (non-hydrogen) atoms. The average Bonchev–Trinajstić information content (AvgIpc) is 3.37. The Balaban J connectivity index is 1.46. The smallest absolute Gasteiger partial charge is 0.303 e. The summed E-state index contributed by atoms with van der Waals surface area (Å²) in [5, 5.41) is 19.2. The fourth-order valence-electron chi connectivity index (χ4n) is 7.72. The lowest BCUT2D eigenvalue weighted by Crippen LogP contribution is -2.28. The summed E-state index contributed by atoms with van der Waals surface area (Å²) in [6.45, 7) is 14.9. The summed E-state index contributed by atoms with van der Waals surface area (Å²) in [5.41, 5.74) is 11.7. The molecule has 0 saturated carbocycles. The Morgan fingerprint density at radius 2 is 1.49 bits per heavy atom. The lowest BCUT2D eigenvalue weighted by atomic mass is 9.80. The molecule has 0 fully saturated rings. The molecule has 0 amide bonds. The van der Waals surface area contributed by atoms with Gasteiger partial charge in [-0.1, -0.05) is 66.9 Å². The van der Waals surface area contributed by atoms with Crippen LogP contribution in [0.15, 0.2) is 82.6 Å². The molecule has 0 unspecified atom stereocenters. The quantitative estimate of drug-likeness (QED) is 0.162. The molecule has 0 spiro atoms. The van der Waals surface area contributed by atoms with Crippen molar-refractivity contribution in [3.63, 3.8) is 0 Å². The largest absolute Gasteiger partial charge is 0.481 e. The van der Waals surface area contributed by atoms with Crippen molar-refractivity contribution in [2.24, 2.45) is 0 Å². The summed E-state index contributed by atoms with van der Waals surface area (Å²) in [7, 11) is 0. The van der Waals surface area contributed by atoms with Crippen molar-refractivity contribution in [2.45, 2.75) is 110 Å². The van der Waals surface area contributed by atoms with E-state index < -0.39 is 11.9 Å². The number of nitrogens with zero attached hydrogens (tertiary/aromatic N) is 2. The first-order valence-corrected chi connectivity index (χ1v) is 18.2. The molecule has 7 heteroatoms. The minimum Gasteiger partial charge on any atom is -0.481 e. The molecule has 2 aromatic rings. The van der Waals surface area contributed by atoms with Crippen LogP contribution < -0.4 is 4.90 Å². The molecule has 6 nitrogen and oxygen atoms in total. The Morgan fingerprint density at radius 1 is 0.837 bits per heavy atom. The molecule has 0 aromatic heterocycles. The van der Waals surface area contributed by atoms with Crippen LogP contribution in [0.4, 0.5) is 11.4 Å². The van der Waals surface area contributed by atoms with Crippen LogP contribution in [-0.2, 0) is 20.4 Å². The Morgan fingerprint density at radius 3 is 2.18 bits per heavy atom. The summed E-state index contributed by atoms with van der Waals surface area (Å²) in [4.78, 5) is 24.7. The van der Waals surface area contributed by atoms with Crippen LogP contribution in [0.2, 0.25) is 0 Å². The van der Waals surface area contributed by atoms with Gasteiger partial charge in [0.1, 0.15) is 6.54 Å². The second-order valence-corrected chi connectivity index (χ2v) is 15.3. The number of rotatable bonds is 13. The third-order valence-electron chi connectivity index (χ3n) is 10.5. The fourth-order valence-corrected chi connectivity index (χ4v) is 8.03. The van der Waals surface area contributed by atoms with Gasteiger partial charge in [0, 0.05) is 65.3 Å². The third-order valence-corrected chi connectivity index (χ3v) is 11.0. The van der Waals surface area contributed by atoms with Gasteiger partial charge in [-0.3, -0.25) is 9.59 Å². The van der Waals surface area contributed by atoms with Gasteiger partial charge in [0.15, 0.2) is 5.71 Å². The highest BCUT2D eigenvalue weighted by Crippen LogP contribution is 2.48. The van der Waals surface area contributed by atoms with Crippen molar-refractivity contribution < 1.29 is 24.4 Å². The molecule has 3 aliphatic rings. The average molecular weight is 684 g/mol. The van der Waals surface area contributed by atoms with Crippen LogP contribution in [0.1, 0.15) is 108 Å². The summed E-state index contributed by atoms with van der Waals surface area (Å²) in [6.07, 6.45) is 15.0. The van der Waals surface area contributed by atoms with Crippen molar-refractivity contribution in [3.8, 4) is 0 Å². The van der Waals surface area contributed by atoms with Crippen LogP contribution in [-0.4, -0.2) is 45.5 Å². The number of unbranched alkanes of at least 4 members (excludes halogenated alkanes) is 2. The zero-order valence-electron chi connectivity index (χ0n) is 30.0. The predicted molar refractivity (Wildman–Crippen MR) is 201 cm³/mol. The van der Waals surface area contributed by atoms with Gasteiger partial charge in [-0.2, -0.15) is 4.58 Å². The highest BCUT2D eigenvalue weighted by Gasteiger charge is 2.44. The Hall–Kier alpha value is -3.90. The van der Waals surface area contributed by atoms with Crippen LogP contribution in [0.25, 0.3) is 0 Å². The monoisotopic (exact) mass is 683 g/mol. The van der Waals surface area contributed by atoms with Gasteiger partial charge in [0.05, 0.1) is 5.41 Å². The molecule has 2 aromatic carbocycles. The zero-order valence-corrected chi connectivity index (χ0v) is 30.8. The maximum atomic E-state index is 11.2. The number of carboxylic acid groups (broad SMARTS) is 2. The standard InChI is InChI=1S/C42H51ClN2O4/c1-28-16-20-34-32(26-28)41(3,4)36(44(34)24-9-7-14-38(46)47)22-18-30-12-11-13-31(40(30)43)19-23-37-42(5,6)33-27-29(2)17-21-35(33)45(37)25-10-8-15-39(48)49/h16-23,26-27H,7-15,24-25H2,1-6H3,(H-,46,47,48,49)/p+1. The van der Waals surface area contributed by atoms with Crippen molar-refractivity contribution in [2.75, 3.05) is 18.0 Å². The van der Waals surface area contributed by atoms with Crippen molar-refractivity contribution in [1.29, 1.82) is 0 Å². The van der Waals surface area contributed by atoms with Crippen molar-refractivity contribution in [3.05, 3.63) is 105 Å². The minimum absolute atomic E-state index is 0.183. The highest BCUT2D eigenvalue weighted by molar-refractivity contribution is 6.32. The lowest BCUT2D eigenvalue weighted by Gasteiger charge is -2.27. The van der Waals surface area contributed by atoms with Gasteiger partial charge in [-0.15, -0.1) is 0 Å². The number of hydrogen-bond acceptors (Lipinski definition) is 3. The van der Waals surface area contributed by atoms with Gasteiger partial charge in [0.25, 0.3) is 0 Å². The molecule has 0 bridgehead atoms. The van der Waals surface area contributed by atoms with Crippen LogP contribution >= 0.6 is 11.6 Å². The van der Waals surface area contributed by atoms with E-state index in [1.165, 1.54) is 45.0 Å². The van der Waals surface area contributed by atoms with E-state index in [1.807, 2.05) is 0 Å². The van der Waals surface area contributed by atoms with E-state index in [2.05, 4.69) is 112 Å². The summed E-state index contributed by atoms with van der Waals surface area (Å²) in [5.74, 6) is -1.50. The summed E-state index contributed by atoms with van der Waals surface area (Å²) >= 11 is 7.20. The number of benzene rings is 2. The first kappa shape index (κ1) is 36.4. The number of allylic oxidation sites excluding steroid dienone is 8. The number of aliphatic carboxylic acids is 2. The molecular weight excluding hydrogens is 632 g/mol. The minimum atomic E-state index is -0.750. The molecule has 0 saturated heterocycles. The van der Waals surface area contributed by atoms with Gasteiger partial charge < -0.3 is 15.1 Å². The fraction of sp³-hybridized carbons (Fsp3) is 0.452. The predicted octanol–water partition coefficient (Wildman–Crippen LogP) is 10.0. The molecular formula is C42H52ClN2O4+. The maximum absolute atomic E-state index is 11.2. The van der Waals surface area contributed by atoms with Gasteiger partial charge in [-0.25, -0.2) is 0 Å².